The van der Waals surface area contributed by atoms with Gasteiger partial charge in [-0.2, -0.15) is 12.7 Å². The first kappa shape index (κ1) is 14.8. The first-order chi connectivity index (χ1) is 9.58. The van der Waals surface area contributed by atoms with Gasteiger partial charge in [-0.25, -0.2) is 9.52 Å². The smallest absolute Gasteiger partial charge is 0.422 e. The number of hydrogen-bond acceptors (Lipinski definition) is 4. The lowest BCUT2D eigenvalue weighted by molar-refractivity contribution is 0.145. The van der Waals surface area contributed by atoms with Crippen LogP contribution < -0.4 is 4.72 Å². The molecule has 0 saturated carbocycles. The third kappa shape index (κ3) is 4.21. The van der Waals surface area contributed by atoms with Gasteiger partial charge in [-0.15, -0.1) is 0 Å². The normalized spacial score (nSPS) is 16.6. The van der Waals surface area contributed by atoms with Crippen molar-refractivity contribution in [1.29, 1.82) is 0 Å². The average Bonchev–Trinajstić information content (AvgIpc) is 2.47. The molecule has 1 heterocycles. The van der Waals surface area contributed by atoms with Gasteiger partial charge in [0.1, 0.15) is 6.61 Å². The van der Waals surface area contributed by atoms with Gasteiger partial charge in [0.2, 0.25) is 0 Å². The topological polar surface area (TPSA) is 75.7 Å². The summed E-state index contributed by atoms with van der Waals surface area (Å²) >= 11 is 0. The Morgan fingerprint density at radius 2 is 1.80 bits per heavy atom. The summed E-state index contributed by atoms with van der Waals surface area (Å²) in [6.07, 6.45) is 1.71. The molecule has 0 unspecified atom stereocenters. The van der Waals surface area contributed by atoms with E-state index in [1.54, 1.807) is 12.1 Å². The molecule has 0 atom stereocenters. The van der Waals surface area contributed by atoms with Crippen molar-refractivity contribution in [2.75, 3.05) is 13.1 Å². The molecule has 110 valence electrons. The number of carbonyl (C=O) groups excluding carboxylic acids is 1. The van der Waals surface area contributed by atoms with Crippen LogP contribution in [0.4, 0.5) is 4.79 Å². The van der Waals surface area contributed by atoms with Crippen LogP contribution in [0.25, 0.3) is 0 Å². The van der Waals surface area contributed by atoms with E-state index in [1.807, 2.05) is 22.9 Å². The summed E-state index contributed by atoms with van der Waals surface area (Å²) in [6.45, 7) is 0.935. The van der Waals surface area contributed by atoms with E-state index < -0.39 is 16.3 Å². The number of ether oxygens (including phenoxy) is 1. The fourth-order valence-electron chi connectivity index (χ4n) is 2.03. The highest BCUT2D eigenvalue weighted by Crippen LogP contribution is 2.12. The van der Waals surface area contributed by atoms with Crippen molar-refractivity contribution in [2.45, 2.75) is 25.9 Å². The molecular formula is C13H18N2O4S. The Bertz CT molecular complexity index is 539. The van der Waals surface area contributed by atoms with Crippen LogP contribution in [0.1, 0.15) is 24.8 Å². The molecule has 2 rings (SSSR count). The molecule has 0 aromatic heterocycles. The van der Waals surface area contributed by atoms with Crippen LogP contribution in [0.5, 0.6) is 0 Å². The Morgan fingerprint density at radius 1 is 1.15 bits per heavy atom. The third-order valence-electron chi connectivity index (χ3n) is 3.08. The highest BCUT2D eigenvalue weighted by Gasteiger charge is 2.26. The van der Waals surface area contributed by atoms with E-state index in [2.05, 4.69) is 0 Å². The second kappa shape index (κ2) is 6.71. The van der Waals surface area contributed by atoms with Gasteiger partial charge in [-0.05, 0) is 18.4 Å². The van der Waals surface area contributed by atoms with E-state index in [-0.39, 0.29) is 6.61 Å². The lowest BCUT2D eigenvalue weighted by atomic mass is 10.2. The summed E-state index contributed by atoms with van der Waals surface area (Å²) in [5.41, 5.74) is 0.804. The molecule has 1 N–H and O–H groups in total. The van der Waals surface area contributed by atoms with Crippen molar-refractivity contribution in [3.05, 3.63) is 35.9 Å². The van der Waals surface area contributed by atoms with Crippen molar-refractivity contribution < 1.29 is 17.9 Å². The number of nitrogens with zero attached hydrogens (tertiary/aromatic N) is 1. The molecule has 1 aliphatic rings. The number of nitrogens with one attached hydrogen (secondary N) is 1. The van der Waals surface area contributed by atoms with E-state index in [0.717, 1.165) is 24.8 Å². The van der Waals surface area contributed by atoms with Crippen LogP contribution in [0.2, 0.25) is 0 Å². The number of benzene rings is 1. The Balaban J connectivity index is 1.84. The van der Waals surface area contributed by atoms with E-state index >= 15 is 0 Å². The van der Waals surface area contributed by atoms with Crippen LogP contribution in [0.15, 0.2) is 30.3 Å². The maximum atomic E-state index is 11.9. The lowest BCUT2D eigenvalue weighted by Crippen LogP contribution is -2.45. The Labute approximate surface area is 118 Å². The SMILES string of the molecule is O=C(NS(=O)(=O)N1CCCCC1)OCc1ccccc1. The van der Waals surface area contributed by atoms with Crippen LogP contribution in [0.3, 0.4) is 0 Å². The fraction of sp³-hybridized carbons (Fsp3) is 0.462. The van der Waals surface area contributed by atoms with Crippen molar-refractivity contribution in [3.63, 3.8) is 0 Å². The first-order valence-electron chi connectivity index (χ1n) is 6.56. The minimum absolute atomic E-state index is 0.0438. The molecule has 0 spiro atoms. The van der Waals surface area contributed by atoms with Gasteiger partial charge in [-0.3, -0.25) is 0 Å². The number of hydrogen-bond donors (Lipinski definition) is 1. The minimum atomic E-state index is -3.78. The van der Waals surface area contributed by atoms with E-state index in [0.29, 0.717) is 13.1 Å². The van der Waals surface area contributed by atoms with Crippen molar-refractivity contribution >= 4 is 16.3 Å². The Morgan fingerprint density at radius 3 is 2.45 bits per heavy atom. The van der Waals surface area contributed by atoms with Crippen molar-refractivity contribution in [1.82, 2.24) is 9.03 Å². The van der Waals surface area contributed by atoms with Crippen LogP contribution in [0, 0.1) is 0 Å². The molecule has 7 heteroatoms. The van der Waals surface area contributed by atoms with Gasteiger partial charge >= 0.3 is 16.3 Å². The predicted octanol–water partition coefficient (Wildman–Crippen LogP) is 1.64. The molecule has 1 amide bonds. The molecule has 1 aromatic carbocycles. The highest BCUT2D eigenvalue weighted by atomic mass is 32.2. The summed E-state index contributed by atoms with van der Waals surface area (Å²) in [6, 6.07) is 9.09. The average molecular weight is 298 g/mol. The van der Waals surface area contributed by atoms with E-state index in [4.69, 9.17) is 4.74 Å². The zero-order valence-corrected chi connectivity index (χ0v) is 11.9. The highest BCUT2D eigenvalue weighted by molar-refractivity contribution is 7.87. The zero-order chi connectivity index (χ0) is 14.4. The van der Waals surface area contributed by atoms with Gasteiger partial charge in [0, 0.05) is 13.1 Å². The van der Waals surface area contributed by atoms with Gasteiger partial charge in [0.05, 0.1) is 0 Å². The standard InChI is InChI=1S/C13H18N2O4S/c16-13(19-11-12-7-3-1-4-8-12)14-20(17,18)15-9-5-2-6-10-15/h1,3-4,7-8H,2,5-6,9-11H2,(H,14,16). The lowest BCUT2D eigenvalue weighted by Gasteiger charge is -2.25. The zero-order valence-electron chi connectivity index (χ0n) is 11.1. The molecule has 0 bridgehead atoms. The van der Waals surface area contributed by atoms with Gasteiger partial charge in [-0.1, -0.05) is 36.8 Å². The van der Waals surface area contributed by atoms with Crippen LogP contribution in [-0.4, -0.2) is 31.9 Å². The summed E-state index contributed by atoms with van der Waals surface area (Å²) in [5, 5.41) is 0. The largest absolute Gasteiger partial charge is 0.444 e. The number of amides is 1. The van der Waals surface area contributed by atoms with E-state index in [1.165, 1.54) is 4.31 Å². The third-order valence-corrected chi connectivity index (χ3v) is 4.55. The Kier molecular flexibility index (Phi) is 4.97. The van der Waals surface area contributed by atoms with Crippen molar-refractivity contribution in [2.24, 2.45) is 0 Å². The summed E-state index contributed by atoms with van der Waals surface area (Å²) in [4.78, 5) is 11.5. The molecule has 0 radical (unpaired) electrons. The second-order valence-corrected chi connectivity index (χ2v) is 6.30. The molecular weight excluding hydrogens is 280 g/mol. The summed E-state index contributed by atoms with van der Waals surface area (Å²) in [5.74, 6) is 0. The molecule has 1 fully saturated rings. The van der Waals surface area contributed by atoms with Crippen molar-refractivity contribution in [3.8, 4) is 0 Å². The second-order valence-electron chi connectivity index (χ2n) is 4.63. The molecule has 1 aliphatic heterocycles. The summed E-state index contributed by atoms with van der Waals surface area (Å²) in [7, 11) is -3.78. The van der Waals surface area contributed by atoms with Gasteiger partial charge in [0.15, 0.2) is 0 Å². The Hall–Kier alpha value is -1.60. The predicted molar refractivity (Wildman–Crippen MR) is 74.1 cm³/mol. The maximum absolute atomic E-state index is 11.9. The first-order valence-corrected chi connectivity index (χ1v) is 8.00. The number of rotatable bonds is 4. The molecule has 6 nitrogen and oxygen atoms in total. The number of piperidine rings is 1. The van der Waals surface area contributed by atoms with E-state index in [9.17, 15) is 13.2 Å². The molecule has 20 heavy (non-hydrogen) atoms. The monoisotopic (exact) mass is 298 g/mol. The molecule has 1 aromatic rings. The fourth-order valence-corrected chi connectivity index (χ4v) is 3.17. The molecule has 0 aliphatic carbocycles. The van der Waals surface area contributed by atoms with Crippen LogP contribution in [-0.2, 0) is 21.6 Å². The van der Waals surface area contributed by atoms with Gasteiger partial charge in [0.25, 0.3) is 0 Å². The molecule has 1 saturated heterocycles. The maximum Gasteiger partial charge on any atom is 0.422 e. The van der Waals surface area contributed by atoms with Crippen LogP contribution >= 0.6 is 0 Å². The quantitative estimate of drug-likeness (QED) is 0.917. The minimum Gasteiger partial charge on any atom is -0.444 e. The van der Waals surface area contributed by atoms with Gasteiger partial charge < -0.3 is 4.74 Å². The number of carbonyl (C=O) groups is 1. The summed E-state index contributed by atoms with van der Waals surface area (Å²) < 4.78 is 32.0.